The monoisotopic (exact) mass is 254 g/mol. The average Bonchev–Trinajstić information content (AvgIpc) is 2.37. The van der Waals surface area contributed by atoms with Crippen LogP contribution in [0.2, 0.25) is 5.15 Å². The lowest BCUT2D eigenvalue weighted by Gasteiger charge is -2.32. The third-order valence-corrected chi connectivity index (χ3v) is 3.52. The molecule has 0 aromatic carbocycles. The number of hydrogen-bond acceptors (Lipinski definition) is 4. The molecule has 0 amide bonds. The van der Waals surface area contributed by atoms with Crippen molar-refractivity contribution in [3.05, 3.63) is 17.5 Å². The second-order valence-corrected chi connectivity index (χ2v) is 4.91. The fourth-order valence-corrected chi connectivity index (χ4v) is 2.43. The average molecular weight is 255 g/mol. The van der Waals surface area contributed by atoms with Crippen molar-refractivity contribution < 1.29 is 0 Å². The minimum atomic E-state index is 0.472. The first-order chi connectivity index (χ1) is 8.29. The van der Waals surface area contributed by atoms with Crippen LogP contribution in [0.5, 0.6) is 0 Å². The largest absolute Gasteiger partial charge is 0.355 e. The molecule has 0 unspecified atom stereocenters. The highest BCUT2D eigenvalue weighted by atomic mass is 35.5. The zero-order valence-electron chi connectivity index (χ0n) is 10.2. The van der Waals surface area contributed by atoms with E-state index in [9.17, 15) is 0 Å². The Kier molecular flexibility index (Phi) is 4.57. The Labute approximate surface area is 107 Å². The van der Waals surface area contributed by atoms with Gasteiger partial charge in [-0.2, -0.15) is 0 Å². The van der Waals surface area contributed by atoms with E-state index in [-0.39, 0.29) is 0 Å². The SMILES string of the molecule is CNCCC1CCN(c2cncc(Cl)n2)CC1. The Morgan fingerprint density at radius 3 is 2.82 bits per heavy atom. The summed E-state index contributed by atoms with van der Waals surface area (Å²) in [4.78, 5) is 10.7. The van der Waals surface area contributed by atoms with Crippen molar-refractivity contribution in [2.45, 2.75) is 19.3 Å². The molecule has 1 aliphatic heterocycles. The molecule has 5 heteroatoms. The van der Waals surface area contributed by atoms with Crippen molar-refractivity contribution in [2.75, 3.05) is 31.6 Å². The van der Waals surface area contributed by atoms with Gasteiger partial charge < -0.3 is 10.2 Å². The Bertz CT molecular complexity index is 350. The summed E-state index contributed by atoms with van der Waals surface area (Å²) in [7, 11) is 2.01. The van der Waals surface area contributed by atoms with Crippen LogP contribution in [0, 0.1) is 5.92 Å². The first-order valence-corrected chi connectivity index (χ1v) is 6.54. The molecule has 0 saturated carbocycles. The van der Waals surface area contributed by atoms with Gasteiger partial charge in [0.25, 0.3) is 0 Å². The molecule has 94 valence electrons. The molecule has 1 aromatic heterocycles. The Morgan fingerprint density at radius 1 is 1.41 bits per heavy atom. The van der Waals surface area contributed by atoms with Gasteiger partial charge in [-0.1, -0.05) is 11.6 Å². The summed E-state index contributed by atoms with van der Waals surface area (Å²) in [6, 6.07) is 0. The highest BCUT2D eigenvalue weighted by Gasteiger charge is 2.19. The third kappa shape index (κ3) is 3.54. The van der Waals surface area contributed by atoms with Gasteiger partial charge in [0.2, 0.25) is 0 Å². The summed E-state index contributed by atoms with van der Waals surface area (Å²) in [6.07, 6.45) is 7.10. The van der Waals surface area contributed by atoms with Crippen LogP contribution >= 0.6 is 11.6 Å². The Balaban J connectivity index is 1.86. The molecule has 17 heavy (non-hydrogen) atoms. The van der Waals surface area contributed by atoms with E-state index >= 15 is 0 Å². The Morgan fingerprint density at radius 2 is 2.18 bits per heavy atom. The van der Waals surface area contributed by atoms with Gasteiger partial charge in [0, 0.05) is 13.1 Å². The van der Waals surface area contributed by atoms with Gasteiger partial charge in [0.1, 0.15) is 11.0 Å². The number of halogens is 1. The highest BCUT2D eigenvalue weighted by molar-refractivity contribution is 6.29. The van der Waals surface area contributed by atoms with E-state index < -0.39 is 0 Å². The van der Waals surface area contributed by atoms with Crippen LogP contribution in [0.4, 0.5) is 5.82 Å². The second-order valence-electron chi connectivity index (χ2n) is 4.52. The summed E-state index contributed by atoms with van der Waals surface area (Å²) in [6.45, 7) is 3.23. The van der Waals surface area contributed by atoms with E-state index in [1.165, 1.54) is 19.3 Å². The van der Waals surface area contributed by atoms with Crippen molar-refractivity contribution >= 4 is 17.4 Å². The third-order valence-electron chi connectivity index (χ3n) is 3.33. The number of nitrogens with one attached hydrogen (secondary N) is 1. The maximum Gasteiger partial charge on any atom is 0.149 e. The molecule has 2 rings (SSSR count). The summed E-state index contributed by atoms with van der Waals surface area (Å²) < 4.78 is 0. The maximum atomic E-state index is 5.85. The number of rotatable bonds is 4. The zero-order chi connectivity index (χ0) is 12.1. The van der Waals surface area contributed by atoms with Gasteiger partial charge in [0.05, 0.1) is 12.4 Å². The van der Waals surface area contributed by atoms with Crippen molar-refractivity contribution in [3.8, 4) is 0 Å². The lowest BCUT2D eigenvalue weighted by Crippen LogP contribution is -2.35. The normalized spacial score (nSPS) is 17.4. The first-order valence-electron chi connectivity index (χ1n) is 6.16. The number of aromatic nitrogens is 2. The second kappa shape index (κ2) is 6.17. The van der Waals surface area contributed by atoms with Crippen LogP contribution in [0.3, 0.4) is 0 Å². The van der Waals surface area contributed by atoms with Gasteiger partial charge in [-0.05, 0) is 38.8 Å². The molecule has 0 radical (unpaired) electrons. The number of anilines is 1. The van der Waals surface area contributed by atoms with Gasteiger partial charge in [-0.25, -0.2) is 4.98 Å². The van der Waals surface area contributed by atoms with Gasteiger partial charge in [-0.3, -0.25) is 4.98 Å². The van der Waals surface area contributed by atoms with Crippen LogP contribution in [0.25, 0.3) is 0 Å². The van der Waals surface area contributed by atoms with Crippen LogP contribution in [-0.2, 0) is 0 Å². The minimum absolute atomic E-state index is 0.472. The summed E-state index contributed by atoms with van der Waals surface area (Å²) in [5.74, 6) is 1.75. The van der Waals surface area contributed by atoms with Crippen LogP contribution in [-0.4, -0.2) is 36.6 Å². The zero-order valence-corrected chi connectivity index (χ0v) is 11.0. The van der Waals surface area contributed by atoms with Gasteiger partial charge in [-0.15, -0.1) is 0 Å². The molecule has 1 N–H and O–H groups in total. The van der Waals surface area contributed by atoms with E-state index in [1.54, 1.807) is 12.4 Å². The van der Waals surface area contributed by atoms with Crippen LogP contribution in [0.15, 0.2) is 12.4 Å². The van der Waals surface area contributed by atoms with E-state index in [0.29, 0.717) is 5.15 Å². The quantitative estimate of drug-likeness (QED) is 0.892. The van der Waals surface area contributed by atoms with E-state index in [4.69, 9.17) is 11.6 Å². The molecule has 2 heterocycles. The molecular formula is C12H19ClN4. The lowest BCUT2D eigenvalue weighted by molar-refractivity contribution is 0.377. The molecule has 4 nitrogen and oxygen atoms in total. The molecule has 0 spiro atoms. The fraction of sp³-hybridized carbons (Fsp3) is 0.667. The van der Waals surface area contributed by atoms with Gasteiger partial charge >= 0.3 is 0 Å². The van der Waals surface area contributed by atoms with E-state index in [1.807, 2.05) is 7.05 Å². The molecule has 1 aromatic rings. The molecule has 1 saturated heterocycles. The smallest absolute Gasteiger partial charge is 0.149 e. The number of nitrogens with zero attached hydrogens (tertiary/aromatic N) is 3. The summed E-state index contributed by atoms with van der Waals surface area (Å²) >= 11 is 5.85. The number of piperidine rings is 1. The van der Waals surface area contributed by atoms with Crippen molar-refractivity contribution in [1.82, 2.24) is 15.3 Å². The maximum absolute atomic E-state index is 5.85. The topological polar surface area (TPSA) is 41.0 Å². The molecule has 0 bridgehead atoms. The van der Waals surface area contributed by atoms with E-state index in [2.05, 4.69) is 20.2 Å². The van der Waals surface area contributed by atoms with E-state index in [0.717, 1.165) is 31.4 Å². The van der Waals surface area contributed by atoms with Crippen molar-refractivity contribution in [1.29, 1.82) is 0 Å². The minimum Gasteiger partial charge on any atom is -0.355 e. The molecule has 1 fully saturated rings. The first kappa shape index (κ1) is 12.6. The standard InChI is InChI=1S/C12H19ClN4/c1-14-5-2-10-3-6-17(7-4-10)12-9-15-8-11(13)16-12/h8-10,14H,2-7H2,1H3. The molecule has 1 aliphatic rings. The molecular weight excluding hydrogens is 236 g/mol. The number of hydrogen-bond donors (Lipinski definition) is 1. The van der Waals surface area contributed by atoms with Crippen LogP contribution in [0.1, 0.15) is 19.3 Å². The predicted molar refractivity (Wildman–Crippen MR) is 70.5 cm³/mol. The highest BCUT2D eigenvalue weighted by Crippen LogP contribution is 2.23. The lowest BCUT2D eigenvalue weighted by atomic mass is 9.93. The van der Waals surface area contributed by atoms with Crippen LogP contribution < -0.4 is 10.2 Å². The van der Waals surface area contributed by atoms with Crippen molar-refractivity contribution in [3.63, 3.8) is 0 Å². The van der Waals surface area contributed by atoms with Crippen molar-refractivity contribution in [2.24, 2.45) is 5.92 Å². The fourth-order valence-electron chi connectivity index (χ4n) is 2.28. The molecule has 0 aliphatic carbocycles. The summed E-state index contributed by atoms with van der Waals surface area (Å²) in [5.41, 5.74) is 0. The predicted octanol–water partition coefficient (Wildman–Crippen LogP) is 1.96. The summed E-state index contributed by atoms with van der Waals surface area (Å²) in [5, 5.41) is 3.68. The molecule has 0 atom stereocenters. The van der Waals surface area contributed by atoms with Gasteiger partial charge in [0.15, 0.2) is 0 Å². The Hall–Kier alpha value is -0.870.